The molecule has 232 valence electrons. The zero-order valence-corrected chi connectivity index (χ0v) is 24.9. The van der Waals surface area contributed by atoms with E-state index in [1.165, 1.54) is 63.1 Å². The standard InChI is InChI=1S/C34H44N2O7/c1-2-3-4-5-6-7-8-9-10-11-18-43-28-20-26(33(41)35-22-24-14-12-16-29(37)31(24)39)19-27(21-28)34(42)36-23-25-15-13-17-30(38)32(25)40/h12-17,19-21,37-40H,2-11,18,22-23H2,1H3,(H,35,41)(H,36,42). The number of hydrogen-bond donors (Lipinski definition) is 6. The largest absolute Gasteiger partial charge is 0.504 e. The van der Waals surface area contributed by atoms with Crippen molar-refractivity contribution in [1.29, 1.82) is 0 Å². The molecule has 0 aliphatic carbocycles. The SMILES string of the molecule is CCCCCCCCCCCCOc1cc(C(=O)NCc2cccc(O)c2O)cc(C(=O)NCc2cccc(O)c2O)c1. The van der Waals surface area contributed by atoms with Crippen LogP contribution in [-0.4, -0.2) is 38.8 Å². The van der Waals surface area contributed by atoms with E-state index in [4.69, 9.17) is 4.74 Å². The molecule has 0 heterocycles. The Bertz CT molecular complexity index is 1260. The molecule has 0 aliphatic rings. The highest BCUT2D eigenvalue weighted by Crippen LogP contribution is 2.29. The summed E-state index contributed by atoms with van der Waals surface area (Å²) in [5.41, 5.74) is 1.05. The van der Waals surface area contributed by atoms with E-state index in [1.807, 2.05) is 0 Å². The second kappa shape index (κ2) is 17.5. The topological polar surface area (TPSA) is 148 Å². The number of carbonyl (C=O) groups excluding carboxylic acids is 2. The second-order valence-electron chi connectivity index (χ2n) is 10.7. The lowest BCUT2D eigenvalue weighted by atomic mass is 10.1. The number of amides is 2. The van der Waals surface area contributed by atoms with E-state index in [9.17, 15) is 30.0 Å². The Morgan fingerprint density at radius 2 is 1.07 bits per heavy atom. The zero-order chi connectivity index (χ0) is 31.0. The Labute approximate surface area is 253 Å². The minimum atomic E-state index is -0.494. The van der Waals surface area contributed by atoms with E-state index < -0.39 is 11.8 Å². The Balaban J connectivity index is 1.62. The Morgan fingerprint density at radius 1 is 0.628 bits per heavy atom. The summed E-state index contributed by atoms with van der Waals surface area (Å²) in [5.74, 6) is -1.82. The third-order valence-electron chi connectivity index (χ3n) is 7.27. The molecule has 0 fully saturated rings. The number of rotatable bonds is 18. The fourth-order valence-corrected chi connectivity index (χ4v) is 4.72. The fraction of sp³-hybridized carbons (Fsp3) is 0.412. The summed E-state index contributed by atoms with van der Waals surface area (Å²) >= 11 is 0. The van der Waals surface area contributed by atoms with Gasteiger partial charge in [0.05, 0.1) is 6.61 Å². The molecule has 3 aromatic rings. The minimum Gasteiger partial charge on any atom is -0.504 e. The summed E-state index contributed by atoms with van der Waals surface area (Å²) < 4.78 is 5.95. The number of hydrogen-bond acceptors (Lipinski definition) is 7. The molecule has 3 rings (SSSR count). The van der Waals surface area contributed by atoms with Crippen molar-refractivity contribution in [2.75, 3.05) is 6.61 Å². The maximum Gasteiger partial charge on any atom is 0.251 e. The molecule has 3 aromatic carbocycles. The Hall–Kier alpha value is -4.40. The summed E-state index contributed by atoms with van der Waals surface area (Å²) in [5, 5.41) is 45.0. The maximum absolute atomic E-state index is 13.1. The van der Waals surface area contributed by atoms with Gasteiger partial charge in [-0.25, -0.2) is 0 Å². The van der Waals surface area contributed by atoms with E-state index in [2.05, 4.69) is 17.6 Å². The van der Waals surface area contributed by atoms with Crippen LogP contribution in [0.5, 0.6) is 28.7 Å². The number of unbranched alkanes of at least 4 members (excludes halogenated alkanes) is 9. The summed E-state index contributed by atoms with van der Waals surface area (Å²) in [7, 11) is 0. The number of aromatic hydroxyl groups is 4. The van der Waals surface area contributed by atoms with Gasteiger partial charge in [-0.15, -0.1) is 0 Å². The van der Waals surface area contributed by atoms with Crippen molar-refractivity contribution in [2.24, 2.45) is 0 Å². The van der Waals surface area contributed by atoms with E-state index in [0.29, 0.717) is 23.5 Å². The molecule has 0 saturated heterocycles. The first-order chi connectivity index (χ1) is 20.8. The molecule has 9 nitrogen and oxygen atoms in total. The molecule has 0 saturated carbocycles. The number of para-hydroxylation sites is 2. The van der Waals surface area contributed by atoms with Crippen LogP contribution in [0.3, 0.4) is 0 Å². The van der Waals surface area contributed by atoms with Gasteiger partial charge in [-0.1, -0.05) is 89.0 Å². The number of carbonyl (C=O) groups is 2. The van der Waals surface area contributed by atoms with Gasteiger partial charge < -0.3 is 35.8 Å². The van der Waals surface area contributed by atoms with Gasteiger partial charge in [0.2, 0.25) is 0 Å². The maximum atomic E-state index is 13.1. The normalized spacial score (nSPS) is 10.8. The molecule has 0 aromatic heterocycles. The lowest BCUT2D eigenvalue weighted by Crippen LogP contribution is -2.25. The quantitative estimate of drug-likeness (QED) is 0.0714. The van der Waals surface area contributed by atoms with Crippen LogP contribution in [0.15, 0.2) is 54.6 Å². The van der Waals surface area contributed by atoms with Crippen LogP contribution in [-0.2, 0) is 13.1 Å². The molecule has 2 amide bonds. The third kappa shape index (κ3) is 10.7. The fourth-order valence-electron chi connectivity index (χ4n) is 4.72. The van der Waals surface area contributed by atoms with E-state index in [1.54, 1.807) is 36.4 Å². The van der Waals surface area contributed by atoms with Crippen LogP contribution in [0.2, 0.25) is 0 Å². The van der Waals surface area contributed by atoms with E-state index in [-0.39, 0.29) is 47.2 Å². The van der Waals surface area contributed by atoms with Gasteiger partial charge in [-0.05, 0) is 36.8 Å². The molecule has 0 aliphatic heterocycles. The van der Waals surface area contributed by atoms with Crippen LogP contribution in [0.4, 0.5) is 0 Å². The smallest absolute Gasteiger partial charge is 0.251 e. The predicted octanol–water partition coefficient (Wildman–Crippen LogP) is 6.67. The average molecular weight is 593 g/mol. The molecule has 0 spiro atoms. The predicted molar refractivity (Wildman–Crippen MR) is 166 cm³/mol. The van der Waals surface area contributed by atoms with Gasteiger partial charge in [0, 0.05) is 35.3 Å². The molecule has 43 heavy (non-hydrogen) atoms. The van der Waals surface area contributed by atoms with Gasteiger partial charge in [0.1, 0.15) is 5.75 Å². The van der Waals surface area contributed by atoms with Crippen LogP contribution in [0.1, 0.15) is 103 Å². The van der Waals surface area contributed by atoms with Crippen molar-refractivity contribution >= 4 is 11.8 Å². The van der Waals surface area contributed by atoms with Crippen molar-refractivity contribution in [3.63, 3.8) is 0 Å². The van der Waals surface area contributed by atoms with Crippen molar-refractivity contribution in [1.82, 2.24) is 10.6 Å². The molecule has 0 unspecified atom stereocenters. The number of phenols is 4. The highest BCUT2D eigenvalue weighted by atomic mass is 16.5. The van der Waals surface area contributed by atoms with Gasteiger partial charge in [0.15, 0.2) is 23.0 Å². The first kappa shape index (κ1) is 33.1. The Kier molecular flexibility index (Phi) is 13.5. The van der Waals surface area contributed by atoms with Crippen LogP contribution in [0, 0.1) is 0 Å². The minimum absolute atomic E-state index is 0.0406. The number of phenolic OH excluding ortho intramolecular Hbond substituents is 4. The highest BCUT2D eigenvalue weighted by molar-refractivity contribution is 6.00. The van der Waals surface area contributed by atoms with Gasteiger partial charge in [0.25, 0.3) is 11.8 Å². The number of benzene rings is 3. The average Bonchev–Trinajstić information content (AvgIpc) is 3.00. The summed E-state index contributed by atoms with van der Waals surface area (Å²) in [6.45, 7) is 2.58. The molecular weight excluding hydrogens is 548 g/mol. The molecule has 0 atom stereocenters. The van der Waals surface area contributed by atoms with Crippen molar-refractivity contribution in [3.8, 4) is 28.7 Å². The third-order valence-corrected chi connectivity index (χ3v) is 7.27. The zero-order valence-electron chi connectivity index (χ0n) is 24.9. The number of ether oxygens (including phenoxy) is 1. The lowest BCUT2D eigenvalue weighted by Gasteiger charge is -2.13. The summed E-state index contributed by atoms with van der Waals surface area (Å²) in [6.07, 6.45) is 11.9. The van der Waals surface area contributed by atoms with E-state index in [0.717, 1.165) is 19.3 Å². The first-order valence-corrected chi connectivity index (χ1v) is 15.1. The highest BCUT2D eigenvalue weighted by Gasteiger charge is 2.16. The van der Waals surface area contributed by atoms with Crippen molar-refractivity contribution in [3.05, 3.63) is 76.9 Å². The van der Waals surface area contributed by atoms with E-state index >= 15 is 0 Å². The molecule has 6 N–H and O–H groups in total. The molecule has 0 radical (unpaired) electrons. The van der Waals surface area contributed by atoms with Crippen LogP contribution < -0.4 is 15.4 Å². The molecule has 9 heteroatoms. The van der Waals surface area contributed by atoms with Crippen LogP contribution in [0.25, 0.3) is 0 Å². The monoisotopic (exact) mass is 592 g/mol. The van der Waals surface area contributed by atoms with Gasteiger partial charge in [-0.3, -0.25) is 9.59 Å². The van der Waals surface area contributed by atoms with Gasteiger partial charge >= 0.3 is 0 Å². The van der Waals surface area contributed by atoms with Gasteiger partial charge in [-0.2, -0.15) is 0 Å². The molecule has 0 bridgehead atoms. The van der Waals surface area contributed by atoms with Crippen LogP contribution >= 0.6 is 0 Å². The van der Waals surface area contributed by atoms with Crippen molar-refractivity contribution < 1.29 is 34.8 Å². The van der Waals surface area contributed by atoms with Crippen molar-refractivity contribution in [2.45, 2.75) is 84.2 Å². The Morgan fingerprint density at radius 3 is 1.53 bits per heavy atom. The molecular formula is C34H44N2O7. The second-order valence-corrected chi connectivity index (χ2v) is 10.7. The summed E-state index contributed by atoms with van der Waals surface area (Å²) in [4.78, 5) is 26.1. The first-order valence-electron chi connectivity index (χ1n) is 15.1. The lowest BCUT2D eigenvalue weighted by molar-refractivity contribution is 0.0950. The number of nitrogens with one attached hydrogen (secondary N) is 2. The summed E-state index contributed by atoms with van der Waals surface area (Å²) in [6, 6.07) is 13.5.